The molecule has 31 heavy (non-hydrogen) atoms. The van der Waals surface area contributed by atoms with Gasteiger partial charge in [-0.05, 0) is 58.8 Å². The van der Waals surface area contributed by atoms with E-state index < -0.39 is 7.26 Å². The van der Waals surface area contributed by atoms with Crippen molar-refractivity contribution in [2.75, 3.05) is 0 Å². The summed E-state index contributed by atoms with van der Waals surface area (Å²) >= 11 is 3.75. The van der Waals surface area contributed by atoms with E-state index >= 15 is 0 Å². The van der Waals surface area contributed by atoms with Crippen LogP contribution in [0.25, 0.3) is 10.8 Å². The molecule has 0 fully saturated rings. The van der Waals surface area contributed by atoms with Gasteiger partial charge in [0.25, 0.3) is 0 Å². The molecular weight excluding hydrogens is 459 g/mol. The minimum Gasteiger partial charge on any atom is -0.0620 e. The molecule has 0 spiro atoms. The van der Waals surface area contributed by atoms with Gasteiger partial charge in [0.2, 0.25) is 0 Å². The van der Waals surface area contributed by atoms with Gasteiger partial charge in [-0.3, -0.25) is 0 Å². The van der Waals surface area contributed by atoms with Gasteiger partial charge in [-0.25, -0.2) is 0 Å². The smallest absolute Gasteiger partial charge is 0.0620 e. The second kappa shape index (κ2) is 8.79. The fraction of sp³-hybridized carbons (Fsp3) is 0.0345. The molecule has 5 rings (SSSR count). The van der Waals surface area contributed by atoms with Crippen LogP contribution < -0.4 is 15.9 Å². The summed E-state index contributed by atoms with van der Waals surface area (Å²) < 4.78 is 1.15. The maximum Gasteiger partial charge on any atom is 0.116 e. The fourth-order valence-corrected chi connectivity index (χ4v) is 9.27. The van der Waals surface area contributed by atoms with Crippen molar-refractivity contribution < 1.29 is 0 Å². The number of benzene rings is 5. The molecule has 0 unspecified atom stereocenters. The van der Waals surface area contributed by atoms with Gasteiger partial charge >= 0.3 is 0 Å². The van der Waals surface area contributed by atoms with Gasteiger partial charge in [0.1, 0.15) is 23.2 Å². The molecule has 0 saturated heterocycles. The van der Waals surface area contributed by atoms with Gasteiger partial charge in [-0.1, -0.05) is 101 Å². The van der Waals surface area contributed by atoms with Crippen molar-refractivity contribution in [1.29, 1.82) is 0 Å². The van der Waals surface area contributed by atoms with Crippen molar-refractivity contribution >= 4 is 49.9 Å². The summed E-state index contributed by atoms with van der Waals surface area (Å²) in [4.78, 5) is 0. The van der Waals surface area contributed by atoms with Crippen LogP contribution in [-0.2, 0) is 6.16 Å². The summed E-state index contributed by atoms with van der Waals surface area (Å²) in [6, 6.07) is 46.5. The molecule has 150 valence electrons. The molecule has 0 heterocycles. The van der Waals surface area contributed by atoms with Crippen LogP contribution >= 0.6 is 23.2 Å². The monoisotopic (exact) mass is 481 g/mol. The number of halogens is 1. The number of hydrogen-bond donors (Lipinski definition) is 0. The Morgan fingerprint density at radius 1 is 0.452 bits per heavy atom. The van der Waals surface area contributed by atoms with Crippen LogP contribution in [0.2, 0.25) is 0 Å². The molecule has 0 aliphatic rings. The molecule has 5 aromatic rings. The van der Waals surface area contributed by atoms with E-state index in [4.69, 9.17) is 0 Å². The van der Waals surface area contributed by atoms with Gasteiger partial charge in [0.05, 0.1) is 6.16 Å². The Morgan fingerprint density at radius 3 is 1.42 bits per heavy atom. The summed E-state index contributed by atoms with van der Waals surface area (Å²) in [7, 11) is -1.91. The summed E-state index contributed by atoms with van der Waals surface area (Å²) in [5, 5.41) is 6.84. The average molecular weight is 482 g/mol. The topological polar surface area (TPSA) is 0 Å². The first-order chi connectivity index (χ1) is 15.3. The highest BCUT2D eigenvalue weighted by Crippen LogP contribution is 2.58. The molecule has 0 aromatic heterocycles. The minimum absolute atomic E-state index is 0.985. The van der Waals surface area contributed by atoms with Crippen LogP contribution in [-0.4, -0.2) is 0 Å². The zero-order chi connectivity index (χ0) is 21.1. The van der Waals surface area contributed by atoms with Crippen molar-refractivity contribution in [3.8, 4) is 0 Å². The molecule has 0 N–H and O–H groups in total. The minimum atomic E-state index is -1.91. The van der Waals surface area contributed by atoms with Gasteiger partial charge in [0, 0.05) is 4.47 Å². The van der Waals surface area contributed by atoms with E-state index in [0.717, 1.165) is 10.6 Å². The molecule has 2 heteroatoms. The van der Waals surface area contributed by atoms with Crippen molar-refractivity contribution in [3.63, 3.8) is 0 Å². The maximum atomic E-state index is 3.75. The van der Waals surface area contributed by atoms with Crippen LogP contribution in [0.3, 0.4) is 0 Å². The van der Waals surface area contributed by atoms with Crippen molar-refractivity contribution in [3.05, 3.63) is 137 Å². The lowest BCUT2D eigenvalue weighted by Gasteiger charge is -2.28. The Bertz CT molecular complexity index is 1200. The maximum absolute atomic E-state index is 3.75. The second-order valence-electron chi connectivity index (χ2n) is 7.73. The van der Waals surface area contributed by atoms with E-state index in [1.54, 1.807) is 0 Å². The highest BCUT2D eigenvalue weighted by Gasteiger charge is 2.45. The van der Waals surface area contributed by atoms with E-state index in [1.807, 2.05) is 0 Å². The zero-order valence-electron chi connectivity index (χ0n) is 17.2. The Balaban J connectivity index is 1.82. The highest BCUT2D eigenvalue weighted by atomic mass is 79.9. The third-order valence-corrected chi connectivity index (χ3v) is 11.0. The van der Waals surface area contributed by atoms with E-state index in [0.29, 0.717) is 0 Å². The molecular formula is C29H23BrP+. The Kier molecular flexibility index (Phi) is 5.72. The van der Waals surface area contributed by atoms with Crippen molar-refractivity contribution in [2.45, 2.75) is 6.16 Å². The highest BCUT2D eigenvalue weighted by molar-refractivity contribution is 9.10. The first-order valence-corrected chi connectivity index (χ1v) is 13.3. The number of rotatable bonds is 5. The quantitative estimate of drug-likeness (QED) is 0.235. The Hall–Kier alpha value is -2.73. The molecule has 0 amide bonds. The number of hydrogen-bond acceptors (Lipinski definition) is 0. The van der Waals surface area contributed by atoms with Crippen LogP contribution in [0, 0.1) is 0 Å². The molecule has 0 aliphatic carbocycles. The molecule has 0 nitrogen and oxygen atoms in total. The lowest BCUT2D eigenvalue weighted by molar-refractivity contribution is 1.43. The summed E-state index contributed by atoms with van der Waals surface area (Å²) in [5.74, 6) is 0. The third-order valence-electron chi connectivity index (χ3n) is 5.96. The first-order valence-electron chi connectivity index (χ1n) is 10.5. The summed E-state index contributed by atoms with van der Waals surface area (Å²) in [5.41, 5.74) is 1.39. The van der Waals surface area contributed by atoms with Gasteiger partial charge in [-0.15, -0.1) is 0 Å². The standard InChI is InChI=1S/C29H23BrP/c30-29-21-11-19-27-23(12-10-20-28(27)29)22-31(24-13-4-1-5-14-24,25-15-6-2-7-16-25)26-17-8-3-9-18-26/h1-21H,22H2/q+1. The third kappa shape index (κ3) is 3.74. The van der Waals surface area contributed by atoms with Gasteiger partial charge in [0.15, 0.2) is 0 Å². The lowest BCUT2D eigenvalue weighted by Crippen LogP contribution is -2.32. The Morgan fingerprint density at radius 2 is 0.903 bits per heavy atom. The predicted molar refractivity (Wildman–Crippen MR) is 140 cm³/mol. The van der Waals surface area contributed by atoms with Crippen molar-refractivity contribution in [1.82, 2.24) is 0 Å². The lowest BCUT2D eigenvalue weighted by atomic mass is 10.1. The first kappa shape index (κ1) is 20.2. The van der Waals surface area contributed by atoms with Gasteiger partial charge in [-0.2, -0.15) is 0 Å². The van der Waals surface area contributed by atoms with Crippen molar-refractivity contribution in [2.24, 2.45) is 0 Å². The number of fused-ring (bicyclic) bond motifs is 1. The molecule has 0 saturated carbocycles. The predicted octanol–water partition coefficient (Wildman–Crippen LogP) is 7.10. The van der Waals surface area contributed by atoms with Crippen LogP contribution in [0.15, 0.2) is 132 Å². The summed E-state index contributed by atoms with van der Waals surface area (Å²) in [6.45, 7) is 0. The fourth-order valence-electron chi connectivity index (χ4n) is 4.50. The molecule has 5 aromatic carbocycles. The second-order valence-corrected chi connectivity index (χ2v) is 12.1. The van der Waals surface area contributed by atoms with E-state index in [2.05, 4.69) is 143 Å². The van der Waals surface area contributed by atoms with Crippen LogP contribution in [0.4, 0.5) is 0 Å². The van der Waals surface area contributed by atoms with E-state index in [-0.39, 0.29) is 0 Å². The molecule has 0 bridgehead atoms. The molecule has 0 atom stereocenters. The zero-order valence-corrected chi connectivity index (χ0v) is 19.6. The van der Waals surface area contributed by atoms with E-state index in [1.165, 1.54) is 32.2 Å². The average Bonchev–Trinajstić information content (AvgIpc) is 2.85. The normalized spacial score (nSPS) is 11.5. The SMILES string of the molecule is Brc1cccc2c(C[P+](c3ccccc3)(c3ccccc3)c3ccccc3)cccc12. The van der Waals surface area contributed by atoms with E-state index in [9.17, 15) is 0 Å². The summed E-state index contributed by atoms with van der Waals surface area (Å²) in [6.07, 6.45) is 0.985. The Labute approximate surface area is 193 Å². The van der Waals surface area contributed by atoms with Crippen LogP contribution in [0.1, 0.15) is 5.56 Å². The molecule has 0 aliphatic heterocycles. The molecule has 0 radical (unpaired) electrons. The largest absolute Gasteiger partial charge is 0.116 e. The van der Waals surface area contributed by atoms with Gasteiger partial charge < -0.3 is 0 Å². The van der Waals surface area contributed by atoms with Crippen LogP contribution in [0.5, 0.6) is 0 Å².